The number of amides is 2. The number of hydrogen-bond acceptors (Lipinski definition) is 5. The molecule has 3 heterocycles. The molecule has 0 spiro atoms. The summed E-state index contributed by atoms with van der Waals surface area (Å²) in [6, 6.07) is 19.0. The molecule has 0 unspecified atom stereocenters. The summed E-state index contributed by atoms with van der Waals surface area (Å²) in [5.74, 6) is 0.250. The van der Waals surface area contributed by atoms with Gasteiger partial charge in [-0.25, -0.2) is 4.39 Å². The Hall–Kier alpha value is -3.91. The Morgan fingerprint density at radius 2 is 1.90 bits per heavy atom. The molecule has 4 aromatic rings. The third-order valence-electron chi connectivity index (χ3n) is 7.01. The molecule has 0 saturated carbocycles. The fraction of sp³-hybridized carbons (Fsp3) is 0.290. The maximum Gasteiger partial charge on any atom is 0.257 e. The highest BCUT2D eigenvalue weighted by Gasteiger charge is 2.34. The summed E-state index contributed by atoms with van der Waals surface area (Å²) in [5, 5.41) is 2.04. The van der Waals surface area contributed by atoms with Crippen LogP contribution in [0.3, 0.4) is 0 Å². The van der Waals surface area contributed by atoms with Gasteiger partial charge in [0.2, 0.25) is 5.91 Å². The van der Waals surface area contributed by atoms with Crippen molar-refractivity contribution in [3.63, 3.8) is 0 Å². The maximum absolute atomic E-state index is 14.5. The van der Waals surface area contributed by atoms with E-state index in [-0.39, 0.29) is 37.2 Å². The molecule has 0 N–H and O–H groups in total. The predicted molar refractivity (Wildman–Crippen MR) is 148 cm³/mol. The average Bonchev–Trinajstić information content (AvgIpc) is 3.64. The third-order valence-corrected chi connectivity index (χ3v) is 8.01. The van der Waals surface area contributed by atoms with Crippen LogP contribution in [0, 0.1) is 5.82 Å². The summed E-state index contributed by atoms with van der Waals surface area (Å²) < 4.78 is 26.1. The van der Waals surface area contributed by atoms with E-state index in [0.717, 1.165) is 17.7 Å². The van der Waals surface area contributed by atoms with Gasteiger partial charge in [-0.2, -0.15) is 0 Å². The highest BCUT2D eigenvalue weighted by atomic mass is 32.1. The molecule has 2 amide bonds. The van der Waals surface area contributed by atoms with Crippen LogP contribution in [0.5, 0.6) is 5.75 Å². The van der Waals surface area contributed by atoms with E-state index in [9.17, 15) is 14.0 Å². The van der Waals surface area contributed by atoms with Crippen molar-refractivity contribution in [3.8, 4) is 5.75 Å². The highest BCUT2D eigenvalue weighted by Crippen LogP contribution is 2.34. The van der Waals surface area contributed by atoms with Crippen molar-refractivity contribution in [2.24, 2.45) is 0 Å². The first-order valence-corrected chi connectivity index (χ1v) is 13.9. The van der Waals surface area contributed by atoms with E-state index >= 15 is 0 Å². The fourth-order valence-corrected chi connectivity index (χ4v) is 5.78. The van der Waals surface area contributed by atoms with Crippen LogP contribution in [0.25, 0.3) is 0 Å². The second-order valence-electron chi connectivity index (χ2n) is 9.91. The molecule has 0 radical (unpaired) electrons. The van der Waals surface area contributed by atoms with Crippen molar-refractivity contribution < 1.29 is 23.1 Å². The number of benzene rings is 2. The number of fused-ring (bicyclic) bond motifs is 1. The lowest BCUT2D eigenvalue weighted by molar-refractivity contribution is -0.135. The van der Waals surface area contributed by atoms with Crippen molar-refractivity contribution in [1.29, 1.82) is 0 Å². The summed E-state index contributed by atoms with van der Waals surface area (Å²) in [6.07, 6.45) is 2.24. The Labute approximate surface area is 231 Å². The van der Waals surface area contributed by atoms with Gasteiger partial charge in [0, 0.05) is 11.4 Å². The summed E-state index contributed by atoms with van der Waals surface area (Å²) >= 11 is 1.68. The largest absolute Gasteiger partial charge is 0.491 e. The van der Waals surface area contributed by atoms with E-state index in [1.54, 1.807) is 34.4 Å². The third kappa shape index (κ3) is 6.06. The van der Waals surface area contributed by atoms with E-state index in [1.165, 1.54) is 39.8 Å². The zero-order chi connectivity index (χ0) is 27.4. The average molecular weight is 547 g/mol. The van der Waals surface area contributed by atoms with Gasteiger partial charge < -0.3 is 19.0 Å². The second-order valence-corrected chi connectivity index (χ2v) is 10.9. The molecule has 0 bridgehead atoms. The van der Waals surface area contributed by atoms with Gasteiger partial charge in [-0.15, -0.1) is 11.3 Å². The Bertz CT molecular complexity index is 1410. The molecule has 8 heteroatoms. The lowest BCUT2D eigenvalue weighted by atomic mass is 10.00. The first kappa shape index (κ1) is 26.7. The van der Waals surface area contributed by atoms with Crippen LogP contribution >= 0.6 is 11.3 Å². The molecule has 202 valence electrons. The zero-order valence-electron chi connectivity index (χ0n) is 22.0. The molecule has 6 nitrogen and oxygen atoms in total. The molecule has 39 heavy (non-hydrogen) atoms. The van der Waals surface area contributed by atoms with E-state index < -0.39 is 11.7 Å². The number of furan rings is 1. The molecule has 0 saturated heterocycles. The van der Waals surface area contributed by atoms with Crippen LogP contribution < -0.4 is 4.74 Å². The van der Waals surface area contributed by atoms with Gasteiger partial charge >= 0.3 is 0 Å². The number of hydrogen-bond donors (Lipinski definition) is 0. The van der Waals surface area contributed by atoms with Gasteiger partial charge in [0.25, 0.3) is 5.91 Å². The zero-order valence-corrected chi connectivity index (χ0v) is 22.8. The molecule has 1 aliphatic rings. The smallest absolute Gasteiger partial charge is 0.257 e. The number of carbonyl (C=O) groups excluding carboxylic acids is 2. The highest BCUT2D eigenvalue weighted by molar-refractivity contribution is 7.10. The van der Waals surface area contributed by atoms with E-state index in [1.807, 2.05) is 23.6 Å². The van der Waals surface area contributed by atoms with Crippen LogP contribution in [-0.4, -0.2) is 41.3 Å². The fourth-order valence-electron chi connectivity index (χ4n) is 4.85. The Morgan fingerprint density at radius 1 is 1.10 bits per heavy atom. The molecule has 1 atom stereocenters. The maximum atomic E-state index is 14.5. The van der Waals surface area contributed by atoms with Gasteiger partial charge in [-0.3, -0.25) is 9.59 Å². The standard InChI is InChI=1S/C31H31FN2O4S/c1-21(2)22-9-11-23(12-10-22)38-20-28-26-14-17-39-29(26)13-15-34(28)30(35)19-33(18-24-6-5-16-37-24)31(36)25-7-3-4-8-27(25)32/h3-12,14,16-17,21,28H,13,15,18-20H2,1-2H3/t28-/m0/s1. The quantitative estimate of drug-likeness (QED) is 0.242. The van der Waals surface area contributed by atoms with E-state index in [2.05, 4.69) is 26.0 Å². The number of carbonyl (C=O) groups is 2. The summed E-state index contributed by atoms with van der Waals surface area (Å²) in [5.41, 5.74) is 2.21. The Morgan fingerprint density at radius 3 is 2.62 bits per heavy atom. The molecule has 1 aliphatic heterocycles. The Balaban J connectivity index is 1.36. The van der Waals surface area contributed by atoms with Crippen LogP contribution in [0.1, 0.15) is 57.9 Å². The molecular formula is C31H31FN2O4S. The van der Waals surface area contributed by atoms with Crippen LogP contribution in [0.15, 0.2) is 82.8 Å². The summed E-state index contributed by atoms with van der Waals surface area (Å²) in [7, 11) is 0. The topological polar surface area (TPSA) is 63.0 Å². The molecule has 2 aromatic carbocycles. The minimum Gasteiger partial charge on any atom is -0.491 e. The van der Waals surface area contributed by atoms with Gasteiger partial charge in [0.05, 0.1) is 24.4 Å². The summed E-state index contributed by atoms with van der Waals surface area (Å²) in [6.45, 7) is 4.92. The van der Waals surface area contributed by atoms with Gasteiger partial charge in [-0.1, -0.05) is 38.1 Å². The predicted octanol–water partition coefficient (Wildman–Crippen LogP) is 6.45. The first-order chi connectivity index (χ1) is 18.9. The molecule has 0 fully saturated rings. The van der Waals surface area contributed by atoms with Crippen LogP contribution in [0.4, 0.5) is 4.39 Å². The molecule has 2 aromatic heterocycles. The normalized spacial score (nSPS) is 14.8. The van der Waals surface area contributed by atoms with Gasteiger partial charge in [0.1, 0.15) is 30.5 Å². The number of ether oxygens (including phenoxy) is 1. The van der Waals surface area contributed by atoms with E-state index in [0.29, 0.717) is 18.2 Å². The minimum absolute atomic E-state index is 0.0484. The Kier molecular flexibility index (Phi) is 8.12. The number of nitrogens with zero attached hydrogens (tertiary/aromatic N) is 2. The van der Waals surface area contributed by atoms with Crippen molar-refractivity contribution in [2.45, 2.75) is 38.8 Å². The van der Waals surface area contributed by atoms with Crippen LogP contribution in [-0.2, 0) is 17.8 Å². The molecule has 5 rings (SSSR count). The monoisotopic (exact) mass is 546 g/mol. The second kappa shape index (κ2) is 11.9. The van der Waals surface area contributed by atoms with Crippen molar-refractivity contribution in [3.05, 3.63) is 112 Å². The van der Waals surface area contributed by atoms with Crippen molar-refractivity contribution in [2.75, 3.05) is 19.7 Å². The number of rotatable bonds is 9. The molecule has 0 aliphatic carbocycles. The lowest BCUT2D eigenvalue weighted by Crippen LogP contribution is -2.47. The van der Waals surface area contributed by atoms with Crippen molar-refractivity contribution >= 4 is 23.2 Å². The first-order valence-electron chi connectivity index (χ1n) is 13.1. The SMILES string of the molecule is CC(C)c1ccc(OC[C@H]2c3ccsc3CCN2C(=O)CN(Cc2ccco2)C(=O)c2ccccc2F)cc1. The molecular weight excluding hydrogens is 515 g/mol. The van der Waals surface area contributed by atoms with Gasteiger partial charge in [0.15, 0.2) is 0 Å². The summed E-state index contributed by atoms with van der Waals surface area (Å²) in [4.78, 5) is 31.5. The lowest BCUT2D eigenvalue weighted by Gasteiger charge is -2.37. The number of thiophene rings is 1. The van der Waals surface area contributed by atoms with Crippen LogP contribution in [0.2, 0.25) is 0 Å². The van der Waals surface area contributed by atoms with E-state index in [4.69, 9.17) is 9.15 Å². The van der Waals surface area contributed by atoms with Gasteiger partial charge in [-0.05, 0) is 71.3 Å². The van der Waals surface area contributed by atoms with Crippen molar-refractivity contribution in [1.82, 2.24) is 9.80 Å². The minimum atomic E-state index is -0.630. The number of halogens is 1.